The Labute approximate surface area is 222 Å². The third kappa shape index (κ3) is 6.90. The van der Waals surface area contributed by atoms with Gasteiger partial charge in [0.05, 0.1) is 23.2 Å². The van der Waals surface area contributed by atoms with E-state index in [9.17, 15) is 18.3 Å². The van der Waals surface area contributed by atoms with E-state index in [1.54, 1.807) is 79.0 Å². The highest BCUT2D eigenvalue weighted by Crippen LogP contribution is 2.22. The maximum Gasteiger partial charge on any atom is 0.251 e. The highest BCUT2D eigenvalue weighted by molar-refractivity contribution is 7.89. The lowest BCUT2D eigenvalue weighted by atomic mass is 10.1. The van der Waals surface area contributed by atoms with Crippen LogP contribution < -0.4 is 11.1 Å². The van der Waals surface area contributed by atoms with Gasteiger partial charge in [-0.2, -0.15) is 4.31 Å². The molecule has 0 aliphatic carbocycles. The quantitative estimate of drug-likeness (QED) is 0.273. The number of rotatable bonds is 11. The number of nitrogens with two attached hydrogens (primary N) is 1. The molecule has 9 heteroatoms. The second-order valence-electron chi connectivity index (χ2n) is 8.78. The van der Waals surface area contributed by atoms with Crippen LogP contribution in [0.15, 0.2) is 108 Å². The number of benzene rings is 3. The maximum atomic E-state index is 13.6. The smallest absolute Gasteiger partial charge is 0.251 e. The SMILES string of the molecule is NCc1ccc(S(=O)(=O)N(Cc2ccc(C(=O)NCC(O)c3ccccc3)cc2)Cc2ccccn2)cc1. The molecule has 196 valence electrons. The predicted octanol–water partition coefficient (Wildman–Crippen LogP) is 3.39. The molecule has 0 radical (unpaired) electrons. The van der Waals surface area contributed by atoms with Gasteiger partial charge in [-0.25, -0.2) is 8.42 Å². The molecule has 1 amide bonds. The van der Waals surface area contributed by atoms with Gasteiger partial charge >= 0.3 is 0 Å². The Morgan fingerprint density at radius 1 is 0.868 bits per heavy atom. The van der Waals surface area contributed by atoms with Crippen LogP contribution in [-0.2, 0) is 29.7 Å². The maximum absolute atomic E-state index is 13.6. The standard InChI is InChI=1S/C29H30N4O4S/c30-18-22-11-15-27(16-12-22)38(36,37)33(21-26-8-4-5-17-31-26)20-23-9-13-25(14-10-23)29(35)32-19-28(34)24-6-2-1-3-7-24/h1-17,28,34H,18-21,30H2,(H,32,35). The van der Waals surface area contributed by atoms with Crippen molar-refractivity contribution >= 4 is 15.9 Å². The number of nitrogens with one attached hydrogen (secondary N) is 1. The van der Waals surface area contributed by atoms with Crippen LogP contribution in [0, 0.1) is 0 Å². The number of hydrogen-bond donors (Lipinski definition) is 3. The highest BCUT2D eigenvalue weighted by Gasteiger charge is 2.25. The number of aliphatic hydroxyl groups is 1. The summed E-state index contributed by atoms with van der Waals surface area (Å²) in [6, 6.07) is 27.7. The summed E-state index contributed by atoms with van der Waals surface area (Å²) < 4.78 is 28.5. The fourth-order valence-electron chi connectivity index (χ4n) is 3.89. The zero-order chi connectivity index (χ0) is 27.0. The van der Waals surface area contributed by atoms with Crippen molar-refractivity contribution in [2.45, 2.75) is 30.6 Å². The first-order valence-electron chi connectivity index (χ1n) is 12.2. The molecule has 0 bridgehead atoms. The molecule has 4 aromatic rings. The van der Waals surface area contributed by atoms with E-state index in [1.807, 2.05) is 24.3 Å². The summed E-state index contributed by atoms with van der Waals surface area (Å²) in [5, 5.41) is 13.0. The molecular weight excluding hydrogens is 500 g/mol. The van der Waals surface area contributed by atoms with Gasteiger partial charge in [-0.3, -0.25) is 9.78 Å². The molecule has 1 atom stereocenters. The molecule has 1 unspecified atom stereocenters. The number of aromatic nitrogens is 1. The van der Waals surface area contributed by atoms with E-state index >= 15 is 0 Å². The summed E-state index contributed by atoms with van der Waals surface area (Å²) in [5.74, 6) is -0.329. The van der Waals surface area contributed by atoms with Gasteiger partial charge in [0.25, 0.3) is 5.91 Å². The number of hydrogen-bond acceptors (Lipinski definition) is 6. The molecule has 0 saturated carbocycles. The minimum atomic E-state index is -3.85. The van der Waals surface area contributed by atoms with E-state index in [2.05, 4.69) is 10.3 Å². The second kappa shape index (κ2) is 12.6. The first-order chi connectivity index (χ1) is 18.4. The zero-order valence-electron chi connectivity index (χ0n) is 20.8. The monoisotopic (exact) mass is 530 g/mol. The third-order valence-electron chi connectivity index (χ3n) is 6.08. The van der Waals surface area contributed by atoms with Crippen LogP contribution >= 0.6 is 0 Å². The lowest BCUT2D eigenvalue weighted by molar-refractivity contribution is 0.0916. The van der Waals surface area contributed by atoms with Gasteiger partial charge in [0, 0.05) is 31.4 Å². The number of carbonyl (C=O) groups is 1. The average Bonchev–Trinajstić information content (AvgIpc) is 2.96. The molecule has 1 aromatic heterocycles. The van der Waals surface area contributed by atoms with E-state index in [0.717, 1.165) is 11.1 Å². The van der Waals surface area contributed by atoms with Crippen LogP contribution in [0.25, 0.3) is 0 Å². The molecular formula is C29H30N4O4S. The molecule has 0 fully saturated rings. The van der Waals surface area contributed by atoms with Gasteiger partial charge in [0.15, 0.2) is 0 Å². The van der Waals surface area contributed by atoms with Crippen LogP contribution in [-0.4, -0.2) is 35.3 Å². The van der Waals surface area contributed by atoms with Crippen molar-refractivity contribution in [1.29, 1.82) is 0 Å². The van der Waals surface area contributed by atoms with Crippen molar-refractivity contribution in [2.24, 2.45) is 5.73 Å². The molecule has 0 saturated heterocycles. The van der Waals surface area contributed by atoms with E-state index in [0.29, 0.717) is 23.4 Å². The first kappa shape index (κ1) is 27.2. The van der Waals surface area contributed by atoms with Crippen LogP contribution in [0.3, 0.4) is 0 Å². The molecule has 3 aromatic carbocycles. The number of nitrogens with zero attached hydrogens (tertiary/aromatic N) is 2. The van der Waals surface area contributed by atoms with Gasteiger partial charge in [0.2, 0.25) is 10.0 Å². The lowest BCUT2D eigenvalue weighted by Crippen LogP contribution is -2.31. The summed E-state index contributed by atoms with van der Waals surface area (Å²) in [5.41, 5.74) is 8.95. The summed E-state index contributed by atoms with van der Waals surface area (Å²) in [7, 11) is -3.85. The van der Waals surface area contributed by atoms with Gasteiger partial charge in [-0.05, 0) is 53.1 Å². The van der Waals surface area contributed by atoms with E-state index < -0.39 is 16.1 Å². The predicted molar refractivity (Wildman–Crippen MR) is 145 cm³/mol. The second-order valence-corrected chi connectivity index (χ2v) is 10.7. The fraction of sp³-hybridized carbons (Fsp3) is 0.172. The van der Waals surface area contributed by atoms with Gasteiger partial charge < -0.3 is 16.2 Å². The van der Waals surface area contributed by atoms with Crippen molar-refractivity contribution in [3.05, 3.63) is 131 Å². The minimum Gasteiger partial charge on any atom is -0.387 e. The number of carbonyl (C=O) groups excluding carboxylic acids is 1. The highest BCUT2D eigenvalue weighted by atomic mass is 32.2. The molecule has 0 spiro atoms. The van der Waals surface area contributed by atoms with Crippen molar-refractivity contribution < 1.29 is 18.3 Å². The van der Waals surface area contributed by atoms with Gasteiger partial charge in [-0.1, -0.05) is 60.7 Å². The number of pyridine rings is 1. The Hall–Kier alpha value is -3.89. The summed E-state index contributed by atoms with van der Waals surface area (Å²) in [4.78, 5) is 17.1. The molecule has 4 rings (SSSR count). The Bertz CT molecular complexity index is 1430. The van der Waals surface area contributed by atoms with Crippen LogP contribution in [0.5, 0.6) is 0 Å². The minimum absolute atomic E-state index is 0.0731. The Kier molecular flexibility index (Phi) is 8.98. The van der Waals surface area contributed by atoms with Crippen molar-refractivity contribution in [3.63, 3.8) is 0 Å². The zero-order valence-corrected chi connectivity index (χ0v) is 21.6. The third-order valence-corrected chi connectivity index (χ3v) is 7.88. The van der Waals surface area contributed by atoms with Crippen LogP contribution in [0.2, 0.25) is 0 Å². The lowest BCUT2D eigenvalue weighted by Gasteiger charge is -2.22. The van der Waals surface area contributed by atoms with Crippen LogP contribution in [0.1, 0.15) is 38.8 Å². The van der Waals surface area contributed by atoms with Crippen molar-refractivity contribution in [1.82, 2.24) is 14.6 Å². The molecule has 38 heavy (non-hydrogen) atoms. The average molecular weight is 531 g/mol. The molecule has 0 aliphatic rings. The van der Waals surface area contributed by atoms with Crippen molar-refractivity contribution in [2.75, 3.05) is 6.54 Å². The van der Waals surface area contributed by atoms with Crippen molar-refractivity contribution in [3.8, 4) is 0 Å². The van der Waals surface area contributed by atoms with Crippen LogP contribution in [0.4, 0.5) is 0 Å². The topological polar surface area (TPSA) is 126 Å². The van der Waals surface area contributed by atoms with Gasteiger partial charge in [0.1, 0.15) is 0 Å². The number of amides is 1. The molecule has 0 aliphatic heterocycles. The Morgan fingerprint density at radius 3 is 2.16 bits per heavy atom. The molecule has 4 N–H and O–H groups in total. The normalized spacial score (nSPS) is 12.3. The first-order valence-corrected chi connectivity index (χ1v) is 13.6. The van der Waals surface area contributed by atoms with E-state index in [1.165, 1.54) is 4.31 Å². The number of sulfonamides is 1. The van der Waals surface area contributed by atoms with E-state index in [4.69, 9.17) is 5.73 Å². The summed E-state index contributed by atoms with van der Waals surface area (Å²) in [6.07, 6.45) is 0.807. The number of aliphatic hydroxyl groups excluding tert-OH is 1. The summed E-state index contributed by atoms with van der Waals surface area (Å²) in [6.45, 7) is 0.570. The Morgan fingerprint density at radius 2 is 1.53 bits per heavy atom. The Balaban J connectivity index is 1.48. The largest absolute Gasteiger partial charge is 0.387 e. The summed E-state index contributed by atoms with van der Waals surface area (Å²) >= 11 is 0. The van der Waals surface area contributed by atoms with E-state index in [-0.39, 0.29) is 30.4 Å². The van der Waals surface area contributed by atoms with Gasteiger partial charge in [-0.15, -0.1) is 0 Å². The fourth-order valence-corrected chi connectivity index (χ4v) is 5.29. The molecule has 8 nitrogen and oxygen atoms in total. The molecule has 1 heterocycles.